The summed E-state index contributed by atoms with van der Waals surface area (Å²) in [4.78, 5) is 8.82. The van der Waals surface area contributed by atoms with Crippen LogP contribution in [0.1, 0.15) is 19.8 Å². The molecule has 0 unspecified atom stereocenters. The molecule has 0 aliphatic rings. The number of pyridine rings is 1. The van der Waals surface area contributed by atoms with Crippen LogP contribution in [0.4, 0.5) is 0 Å². The fourth-order valence-electron chi connectivity index (χ4n) is 2.21. The largest absolute Gasteiger partial charge is 0.265 e. The van der Waals surface area contributed by atoms with Crippen molar-refractivity contribution in [3.63, 3.8) is 0 Å². The van der Waals surface area contributed by atoms with Crippen molar-refractivity contribution in [2.75, 3.05) is 0 Å². The summed E-state index contributed by atoms with van der Waals surface area (Å²) in [5.41, 5.74) is 1.89. The summed E-state index contributed by atoms with van der Waals surface area (Å²) in [5, 5.41) is 8.86. The van der Waals surface area contributed by atoms with E-state index in [9.17, 15) is 0 Å². The Morgan fingerprint density at radius 3 is 2.76 bits per heavy atom. The van der Waals surface area contributed by atoms with Crippen LogP contribution in [0, 0.1) is 0 Å². The zero-order valence-corrected chi connectivity index (χ0v) is 12.3. The van der Waals surface area contributed by atoms with E-state index in [0.717, 1.165) is 36.5 Å². The predicted molar refractivity (Wildman–Crippen MR) is 80.4 cm³/mol. The van der Waals surface area contributed by atoms with Crippen LogP contribution in [0.15, 0.2) is 36.8 Å². The molecule has 0 fully saturated rings. The first-order chi connectivity index (χ1) is 10.3. The number of hydrogen-bond donors (Lipinski definition) is 0. The number of nitrogens with zero attached hydrogens (tertiary/aromatic N) is 6. The topological polar surface area (TPSA) is 61.4 Å². The molecule has 0 saturated heterocycles. The molecule has 3 heterocycles. The van der Waals surface area contributed by atoms with Gasteiger partial charge in [0.25, 0.3) is 0 Å². The number of unbranched alkanes of at least 4 members (excludes halogenated alkanes) is 1. The molecule has 0 aromatic carbocycles. The first kappa shape index (κ1) is 13.5. The van der Waals surface area contributed by atoms with Crippen LogP contribution in [-0.4, -0.2) is 29.5 Å². The van der Waals surface area contributed by atoms with Gasteiger partial charge in [-0.15, -0.1) is 0 Å². The Hall–Kier alpha value is -2.50. The lowest BCUT2D eigenvalue weighted by Gasteiger charge is -2.04. The van der Waals surface area contributed by atoms with Crippen LogP contribution in [0.25, 0.3) is 22.9 Å². The van der Waals surface area contributed by atoms with Crippen molar-refractivity contribution in [3.05, 3.63) is 36.8 Å². The SMILES string of the molecule is CCCCn1nc(-c2cccnc2)nc1-c1ccnn1C. The standard InChI is InChI=1S/C15H18N6/c1-3-4-10-21-15(13-7-9-17-20(13)2)18-14(19-21)12-6-5-8-16-11-12/h5-9,11H,3-4,10H2,1-2H3. The van der Waals surface area contributed by atoms with Crippen molar-refractivity contribution in [2.24, 2.45) is 7.05 Å². The van der Waals surface area contributed by atoms with E-state index in [2.05, 4.69) is 27.1 Å². The number of hydrogen-bond acceptors (Lipinski definition) is 4. The van der Waals surface area contributed by atoms with Crippen LogP contribution in [0.5, 0.6) is 0 Å². The number of rotatable bonds is 5. The Labute approximate surface area is 123 Å². The molecule has 108 valence electrons. The van der Waals surface area contributed by atoms with Gasteiger partial charge in [-0.25, -0.2) is 9.67 Å². The van der Waals surface area contributed by atoms with Gasteiger partial charge >= 0.3 is 0 Å². The summed E-state index contributed by atoms with van der Waals surface area (Å²) in [6, 6.07) is 5.82. The third kappa shape index (κ3) is 2.69. The molecule has 0 spiro atoms. The Kier molecular flexibility index (Phi) is 3.77. The zero-order chi connectivity index (χ0) is 14.7. The number of aryl methyl sites for hydroxylation is 2. The lowest BCUT2D eigenvalue weighted by Crippen LogP contribution is -2.05. The Morgan fingerprint density at radius 1 is 1.19 bits per heavy atom. The highest BCUT2D eigenvalue weighted by Gasteiger charge is 2.15. The molecule has 6 nitrogen and oxygen atoms in total. The van der Waals surface area contributed by atoms with Crippen molar-refractivity contribution >= 4 is 0 Å². The van der Waals surface area contributed by atoms with Crippen molar-refractivity contribution < 1.29 is 0 Å². The van der Waals surface area contributed by atoms with Crippen molar-refractivity contribution in [3.8, 4) is 22.9 Å². The molecule has 3 aromatic rings. The minimum atomic E-state index is 0.704. The van der Waals surface area contributed by atoms with Gasteiger partial charge in [0.1, 0.15) is 5.69 Å². The van der Waals surface area contributed by atoms with Crippen LogP contribution in [0.3, 0.4) is 0 Å². The second-order valence-corrected chi connectivity index (χ2v) is 4.92. The van der Waals surface area contributed by atoms with Gasteiger partial charge in [0, 0.05) is 37.7 Å². The average molecular weight is 282 g/mol. The van der Waals surface area contributed by atoms with Gasteiger partial charge in [0.15, 0.2) is 11.6 Å². The van der Waals surface area contributed by atoms with Crippen molar-refractivity contribution in [2.45, 2.75) is 26.3 Å². The highest BCUT2D eigenvalue weighted by molar-refractivity contribution is 5.58. The van der Waals surface area contributed by atoms with E-state index in [1.807, 2.05) is 34.6 Å². The van der Waals surface area contributed by atoms with Gasteiger partial charge in [-0.3, -0.25) is 9.67 Å². The molecule has 0 bridgehead atoms. The first-order valence-corrected chi connectivity index (χ1v) is 7.13. The zero-order valence-electron chi connectivity index (χ0n) is 12.3. The van der Waals surface area contributed by atoms with Gasteiger partial charge in [0.2, 0.25) is 0 Å². The Balaban J connectivity index is 2.05. The third-order valence-corrected chi connectivity index (χ3v) is 3.36. The van der Waals surface area contributed by atoms with Gasteiger partial charge < -0.3 is 0 Å². The van der Waals surface area contributed by atoms with E-state index < -0.39 is 0 Å². The predicted octanol–water partition coefficient (Wildman–Crippen LogP) is 2.54. The van der Waals surface area contributed by atoms with Gasteiger partial charge in [0.05, 0.1) is 0 Å². The lowest BCUT2D eigenvalue weighted by molar-refractivity contribution is 0.574. The minimum Gasteiger partial charge on any atom is -0.265 e. The van der Waals surface area contributed by atoms with E-state index in [0.29, 0.717) is 5.82 Å². The van der Waals surface area contributed by atoms with Crippen LogP contribution < -0.4 is 0 Å². The van der Waals surface area contributed by atoms with Crippen molar-refractivity contribution in [1.29, 1.82) is 0 Å². The van der Waals surface area contributed by atoms with E-state index in [1.165, 1.54) is 0 Å². The molecule has 0 aliphatic heterocycles. The molecule has 0 amide bonds. The molecule has 0 atom stereocenters. The highest BCUT2D eigenvalue weighted by atomic mass is 15.4. The molecule has 21 heavy (non-hydrogen) atoms. The summed E-state index contributed by atoms with van der Waals surface area (Å²) < 4.78 is 3.78. The highest BCUT2D eigenvalue weighted by Crippen LogP contribution is 2.21. The quantitative estimate of drug-likeness (QED) is 0.721. The molecule has 6 heteroatoms. The molecule has 0 N–H and O–H groups in total. The maximum atomic E-state index is 4.69. The lowest BCUT2D eigenvalue weighted by atomic mass is 10.3. The van der Waals surface area contributed by atoms with Gasteiger partial charge in [-0.05, 0) is 24.6 Å². The van der Waals surface area contributed by atoms with Gasteiger partial charge in [-0.2, -0.15) is 10.2 Å². The van der Waals surface area contributed by atoms with Crippen LogP contribution in [-0.2, 0) is 13.6 Å². The van der Waals surface area contributed by atoms with E-state index in [-0.39, 0.29) is 0 Å². The fraction of sp³-hybridized carbons (Fsp3) is 0.333. The Morgan fingerprint density at radius 2 is 2.10 bits per heavy atom. The number of aromatic nitrogens is 6. The minimum absolute atomic E-state index is 0.704. The molecular formula is C15H18N6. The van der Waals surface area contributed by atoms with Crippen LogP contribution in [0.2, 0.25) is 0 Å². The third-order valence-electron chi connectivity index (χ3n) is 3.36. The van der Waals surface area contributed by atoms with Gasteiger partial charge in [-0.1, -0.05) is 13.3 Å². The summed E-state index contributed by atoms with van der Waals surface area (Å²) >= 11 is 0. The summed E-state index contributed by atoms with van der Waals surface area (Å²) in [6.07, 6.45) is 7.50. The molecule has 3 aromatic heterocycles. The molecule has 0 radical (unpaired) electrons. The molecule has 0 saturated carbocycles. The first-order valence-electron chi connectivity index (χ1n) is 7.13. The second-order valence-electron chi connectivity index (χ2n) is 4.92. The monoisotopic (exact) mass is 282 g/mol. The average Bonchev–Trinajstić information content (AvgIpc) is 3.12. The normalized spacial score (nSPS) is 11.0. The summed E-state index contributed by atoms with van der Waals surface area (Å²) in [6.45, 7) is 3.02. The van der Waals surface area contributed by atoms with E-state index in [1.54, 1.807) is 18.6 Å². The van der Waals surface area contributed by atoms with E-state index >= 15 is 0 Å². The molecular weight excluding hydrogens is 264 g/mol. The van der Waals surface area contributed by atoms with Crippen molar-refractivity contribution in [1.82, 2.24) is 29.5 Å². The summed E-state index contributed by atoms with van der Waals surface area (Å²) in [5.74, 6) is 1.55. The fourth-order valence-corrected chi connectivity index (χ4v) is 2.21. The molecule has 0 aliphatic carbocycles. The maximum absolute atomic E-state index is 4.69. The smallest absolute Gasteiger partial charge is 0.183 e. The maximum Gasteiger partial charge on any atom is 0.183 e. The molecule has 3 rings (SSSR count). The van der Waals surface area contributed by atoms with Crippen LogP contribution >= 0.6 is 0 Å². The summed E-state index contributed by atoms with van der Waals surface area (Å²) in [7, 11) is 1.91. The Bertz CT molecular complexity index is 713. The second kappa shape index (κ2) is 5.87. The van der Waals surface area contributed by atoms with E-state index in [4.69, 9.17) is 0 Å².